The predicted octanol–water partition coefficient (Wildman–Crippen LogP) is 2.08. The molecule has 1 atom stereocenters. The number of likely N-dealkylation sites (N-methyl/N-ethyl adjacent to an activating group) is 1. The van der Waals surface area contributed by atoms with Gasteiger partial charge in [0.15, 0.2) is 0 Å². The van der Waals surface area contributed by atoms with Crippen molar-refractivity contribution in [3.8, 4) is 0 Å². The molecular formula is C16H17N3O. The van der Waals surface area contributed by atoms with Crippen molar-refractivity contribution in [1.82, 2.24) is 9.88 Å². The van der Waals surface area contributed by atoms with Crippen molar-refractivity contribution in [2.24, 2.45) is 0 Å². The Labute approximate surface area is 118 Å². The lowest BCUT2D eigenvalue weighted by Gasteiger charge is -2.21. The van der Waals surface area contributed by atoms with Gasteiger partial charge in [-0.25, -0.2) is 0 Å². The molecule has 4 nitrogen and oxygen atoms in total. The fraction of sp³-hybridized carbons (Fsp3) is 0.250. The Bertz CT molecular complexity index is 587. The number of nitrogens with zero attached hydrogens (tertiary/aromatic N) is 2. The molecule has 1 aromatic heterocycles. The molecule has 0 fully saturated rings. The highest BCUT2D eigenvalue weighted by atomic mass is 16.2. The molecule has 4 heteroatoms. The monoisotopic (exact) mass is 267 g/mol. The maximum Gasteiger partial charge on any atom is 0.245 e. The Morgan fingerprint density at radius 3 is 2.80 bits per heavy atom. The second-order valence-corrected chi connectivity index (χ2v) is 5.11. The van der Waals surface area contributed by atoms with E-state index in [0.29, 0.717) is 6.54 Å². The van der Waals surface area contributed by atoms with Crippen LogP contribution in [0.3, 0.4) is 0 Å². The molecule has 0 aliphatic carbocycles. The van der Waals surface area contributed by atoms with Gasteiger partial charge in [0, 0.05) is 38.1 Å². The quantitative estimate of drug-likeness (QED) is 0.926. The lowest BCUT2D eigenvalue weighted by Crippen LogP contribution is -2.39. The van der Waals surface area contributed by atoms with Crippen LogP contribution in [0.2, 0.25) is 0 Å². The molecule has 2 aromatic rings. The Morgan fingerprint density at radius 2 is 2.05 bits per heavy atom. The van der Waals surface area contributed by atoms with Crippen LogP contribution < -0.4 is 5.32 Å². The minimum atomic E-state index is -0.153. The predicted molar refractivity (Wildman–Crippen MR) is 78.3 cm³/mol. The van der Waals surface area contributed by atoms with E-state index in [1.54, 1.807) is 17.3 Å². The summed E-state index contributed by atoms with van der Waals surface area (Å²) >= 11 is 0. The molecule has 102 valence electrons. The number of para-hydroxylation sites is 1. The van der Waals surface area contributed by atoms with E-state index in [-0.39, 0.29) is 11.9 Å². The Morgan fingerprint density at radius 1 is 1.30 bits per heavy atom. The van der Waals surface area contributed by atoms with Crippen LogP contribution in [0, 0.1) is 0 Å². The van der Waals surface area contributed by atoms with E-state index in [1.165, 1.54) is 5.56 Å². The Balaban J connectivity index is 1.66. The minimum absolute atomic E-state index is 0.123. The molecule has 1 unspecified atom stereocenters. The van der Waals surface area contributed by atoms with Crippen LogP contribution in [0.15, 0.2) is 48.8 Å². The molecule has 1 aliphatic heterocycles. The third kappa shape index (κ3) is 2.50. The van der Waals surface area contributed by atoms with Gasteiger partial charge in [0.05, 0.1) is 0 Å². The van der Waals surface area contributed by atoms with Gasteiger partial charge in [-0.15, -0.1) is 0 Å². The van der Waals surface area contributed by atoms with Crippen molar-refractivity contribution in [2.45, 2.75) is 19.0 Å². The first kappa shape index (κ1) is 12.7. The molecule has 1 aliphatic rings. The highest BCUT2D eigenvalue weighted by molar-refractivity contribution is 5.87. The summed E-state index contributed by atoms with van der Waals surface area (Å²) in [5.41, 5.74) is 3.37. The average molecular weight is 267 g/mol. The number of carbonyl (C=O) groups is 1. The number of anilines is 1. The van der Waals surface area contributed by atoms with Crippen LogP contribution >= 0.6 is 0 Å². The smallest absolute Gasteiger partial charge is 0.245 e. The molecule has 0 saturated heterocycles. The van der Waals surface area contributed by atoms with Gasteiger partial charge >= 0.3 is 0 Å². The van der Waals surface area contributed by atoms with Crippen LogP contribution in [-0.4, -0.2) is 28.9 Å². The molecule has 1 aromatic carbocycles. The second-order valence-electron chi connectivity index (χ2n) is 5.11. The maximum atomic E-state index is 12.5. The fourth-order valence-electron chi connectivity index (χ4n) is 2.55. The van der Waals surface area contributed by atoms with Crippen LogP contribution in [0.25, 0.3) is 0 Å². The number of fused-ring (bicyclic) bond motifs is 1. The molecule has 1 amide bonds. The zero-order valence-corrected chi connectivity index (χ0v) is 11.4. The number of nitrogens with one attached hydrogen (secondary N) is 1. The van der Waals surface area contributed by atoms with E-state index >= 15 is 0 Å². The third-order valence-corrected chi connectivity index (χ3v) is 3.61. The van der Waals surface area contributed by atoms with Crippen molar-refractivity contribution < 1.29 is 4.79 Å². The molecule has 0 radical (unpaired) electrons. The summed E-state index contributed by atoms with van der Waals surface area (Å²) in [7, 11) is 1.84. The maximum absolute atomic E-state index is 12.5. The number of amides is 1. The number of aromatic nitrogens is 1. The van der Waals surface area contributed by atoms with E-state index in [1.807, 2.05) is 37.4 Å². The number of hydrogen-bond acceptors (Lipinski definition) is 3. The number of hydrogen-bond donors (Lipinski definition) is 1. The van der Waals surface area contributed by atoms with Gasteiger partial charge in [-0.1, -0.05) is 18.2 Å². The van der Waals surface area contributed by atoms with Crippen LogP contribution in [0.5, 0.6) is 0 Å². The van der Waals surface area contributed by atoms with E-state index in [4.69, 9.17) is 0 Å². The summed E-state index contributed by atoms with van der Waals surface area (Å²) < 4.78 is 0. The topological polar surface area (TPSA) is 45.2 Å². The van der Waals surface area contributed by atoms with Crippen molar-refractivity contribution in [3.05, 3.63) is 59.9 Å². The zero-order valence-electron chi connectivity index (χ0n) is 11.4. The van der Waals surface area contributed by atoms with E-state index < -0.39 is 0 Å². The Hall–Kier alpha value is -2.36. The van der Waals surface area contributed by atoms with Crippen molar-refractivity contribution >= 4 is 11.6 Å². The molecule has 3 rings (SSSR count). The highest BCUT2D eigenvalue weighted by Gasteiger charge is 2.28. The number of benzene rings is 1. The van der Waals surface area contributed by atoms with Crippen molar-refractivity contribution in [1.29, 1.82) is 0 Å². The summed E-state index contributed by atoms with van der Waals surface area (Å²) in [6, 6.07) is 11.8. The van der Waals surface area contributed by atoms with E-state index in [2.05, 4.69) is 16.4 Å². The molecule has 0 spiro atoms. The van der Waals surface area contributed by atoms with Crippen molar-refractivity contribution in [2.75, 3.05) is 12.4 Å². The number of carbonyl (C=O) groups excluding carboxylic acids is 1. The van der Waals surface area contributed by atoms with Gasteiger partial charge in [-0.3, -0.25) is 9.78 Å². The highest BCUT2D eigenvalue weighted by Crippen LogP contribution is 2.26. The van der Waals surface area contributed by atoms with Gasteiger partial charge in [0.25, 0.3) is 0 Å². The summed E-state index contributed by atoms with van der Waals surface area (Å²) in [5.74, 6) is 0.123. The molecule has 0 bridgehead atoms. The van der Waals surface area contributed by atoms with E-state index in [0.717, 1.165) is 17.7 Å². The van der Waals surface area contributed by atoms with Crippen molar-refractivity contribution in [3.63, 3.8) is 0 Å². The molecule has 1 N–H and O–H groups in total. The normalized spacial score (nSPS) is 16.4. The first-order valence-corrected chi connectivity index (χ1v) is 6.72. The Kier molecular flexibility index (Phi) is 3.37. The van der Waals surface area contributed by atoms with Crippen LogP contribution in [-0.2, 0) is 17.8 Å². The standard InChI is InChI=1S/C16H17N3O/c1-19(11-12-6-8-17-9-7-12)16(20)15-10-13-4-2-3-5-14(13)18-15/h2-9,15,18H,10-11H2,1H3. The molecular weight excluding hydrogens is 250 g/mol. The summed E-state index contributed by atoms with van der Waals surface area (Å²) in [4.78, 5) is 18.2. The average Bonchev–Trinajstić information content (AvgIpc) is 2.91. The van der Waals surface area contributed by atoms with Gasteiger partial charge < -0.3 is 10.2 Å². The largest absolute Gasteiger partial charge is 0.373 e. The molecule has 0 saturated carbocycles. The lowest BCUT2D eigenvalue weighted by molar-refractivity contribution is -0.131. The van der Waals surface area contributed by atoms with Crippen LogP contribution in [0.4, 0.5) is 5.69 Å². The number of pyridine rings is 1. The lowest BCUT2D eigenvalue weighted by atomic mass is 10.1. The van der Waals surface area contributed by atoms with Gasteiger partial charge in [-0.2, -0.15) is 0 Å². The van der Waals surface area contributed by atoms with Crippen LogP contribution in [0.1, 0.15) is 11.1 Å². The van der Waals surface area contributed by atoms with Gasteiger partial charge in [-0.05, 0) is 29.3 Å². The first-order chi connectivity index (χ1) is 9.74. The summed E-state index contributed by atoms with van der Waals surface area (Å²) in [6.45, 7) is 0.607. The molecule has 20 heavy (non-hydrogen) atoms. The second kappa shape index (κ2) is 5.33. The first-order valence-electron chi connectivity index (χ1n) is 6.72. The van der Waals surface area contributed by atoms with Gasteiger partial charge in [0.2, 0.25) is 5.91 Å². The third-order valence-electron chi connectivity index (χ3n) is 3.61. The minimum Gasteiger partial charge on any atom is -0.373 e. The fourth-order valence-corrected chi connectivity index (χ4v) is 2.55. The number of rotatable bonds is 3. The van der Waals surface area contributed by atoms with E-state index in [9.17, 15) is 4.79 Å². The summed E-state index contributed by atoms with van der Waals surface area (Å²) in [5, 5.41) is 3.30. The van der Waals surface area contributed by atoms with Gasteiger partial charge in [0.1, 0.15) is 6.04 Å². The summed E-state index contributed by atoms with van der Waals surface area (Å²) in [6.07, 6.45) is 4.25. The zero-order chi connectivity index (χ0) is 13.9. The SMILES string of the molecule is CN(Cc1ccncc1)C(=O)C1Cc2ccccc2N1. The molecule has 2 heterocycles.